The number of amides is 1. The van der Waals surface area contributed by atoms with E-state index in [2.05, 4.69) is 18.8 Å². The number of halogens is 2. The van der Waals surface area contributed by atoms with Crippen LogP contribution in [-0.4, -0.2) is 47.2 Å². The Kier molecular flexibility index (Phi) is 5.74. The lowest BCUT2D eigenvalue weighted by molar-refractivity contribution is 0.0746. The Morgan fingerprint density at radius 2 is 1.90 bits per heavy atom. The summed E-state index contributed by atoms with van der Waals surface area (Å²) in [5.41, 5.74) is 0.894. The molecule has 8 heteroatoms. The van der Waals surface area contributed by atoms with Crippen molar-refractivity contribution in [3.63, 3.8) is 0 Å². The van der Waals surface area contributed by atoms with Crippen LogP contribution in [0.2, 0.25) is 0 Å². The summed E-state index contributed by atoms with van der Waals surface area (Å²) < 4.78 is 27.8. The van der Waals surface area contributed by atoms with Gasteiger partial charge in [0.05, 0.1) is 4.70 Å². The summed E-state index contributed by atoms with van der Waals surface area (Å²) in [6.07, 6.45) is 0. The number of carbonyl (C=O) groups is 1. The monoisotopic (exact) mass is 433 g/mol. The molecule has 0 saturated carbocycles. The van der Waals surface area contributed by atoms with Crippen LogP contribution in [0.1, 0.15) is 24.2 Å². The predicted octanol–water partition coefficient (Wildman–Crippen LogP) is 5.04. The molecule has 0 N–H and O–H groups in total. The Bertz CT molecular complexity index is 1050. The van der Waals surface area contributed by atoms with Crippen LogP contribution in [0, 0.1) is 11.6 Å². The first kappa shape index (κ1) is 20.1. The van der Waals surface area contributed by atoms with E-state index in [-0.39, 0.29) is 11.4 Å². The molecule has 1 aliphatic rings. The van der Waals surface area contributed by atoms with Crippen molar-refractivity contribution in [3.8, 4) is 0 Å². The Morgan fingerprint density at radius 3 is 2.62 bits per heavy atom. The average molecular weight is 434 g/mol. The molecule has 152 valence electrons. The van der Waals surface area contributed by atoms with E-state index in [4.69, 9.17) is 0 Å². The van der Waals surface area contributed by atoms with Gasteiger partial charge in [0.15, 0.2) is 10.9 Å². The molecule has 0 spiro atoms. The number of fused-ring (bicyclic) bond motifs is 1. The minimum atomic E-state index is -0.643. The van der Waals surface area contributed by atoms with Crippen LogP contribution in [-0.2, 0) is 0 Å². The second-order valence-corrected chi connectivity index (χ2v) is 9.86. The van der Waals surface area contributed by atoms with Gasteiger partial charge in [-0.1, -0.05) is 31.3 Å². The molecule has 1 aromatic heterocycles. The summed E-state index contributed by atoms with van der Waals surface area (Å²) in [6.45, 7) is 6.59. The van der Waals surface area contributed by atoms with E-state index in [0.29, 0.717) is 46.8 Å². The molecule has 4 nitrogen and oxygen atoms in total. The van der Waals surface area contributed by atoms with E-state index in [1.807, 2.05) is 34.1 Å². The van der Waals surface area contributed by atoms with E-state index >= 15 is 0 Å². The van der Waals surface area contributed by atoms with Gasteiger partial charge in [-0.3, -0.25) is 4.79 Å². The minimum Gasteiger partial charge on any atom is -0.345 e. The molecule has 0 atom stereocenters. The number of benzene rings is 2. The van der Waals surface area contributed by atoms with Crippen molar-refractivity contribution in [2.75, 3.05) is 31.1 Å². The van der Waals surface area contributed by atoms with Crippen LogP contribution in [0.15, 0.2) is 41.3 Å². The van der Waals surface area contributed by atoms with Crippen molar-refractivity contribution >= 4 is 44.4 Å². The van der Waals surface area contributed by atoms with Gasteiger partial charge in [0.2, 0.25) is 0 Å². The zero-order valence-corrected chi connectivity index (χ0v) is 17.8. The van der Waals surface area contributed by atoms with Crippen molar-refractivity contribution in [2.45, 2.75) is 24.0 Å². The smallest absolute Gasteiger partial charge is 0.254 e. The van der Waals surface area contributed by atoms with Crippen LogP contribution in [0.4, 0.5) is 13.9 Å². The fourth-order valence-electron chi connectivity index (χ4n) is 3.34. The zero-order chi connectivity index (χ0) is 20.5. The third kappa shape index (κ3) is 4.38. The van der Waals surface area contributed by atoms with E-state index in [1.165, 1.54) is 17.4 Å². The van der Waals surface area contributed by atoms with Crippen LogP contribution in [0.3, 0.4) is 0 Å². The summed E-state index contributed by atoms with van der Waals surface area (Å²) >= 11 is 3.01. The van der Waals surface area contributed by atoms with Gasteiger partial charge in [0.1, 0.15) is 11.3 Å². The minimum absolute atomic E-state index is 0.0215. The summed E-state index contributed by atoms with van der Waals surface area (Å²) in [4.78, 5) is 22.2. The summed E-state index contributed by atoms with van der Waals surface area (Å²) in [7, 11) is 0. The van der Waals surface area contributed by atoms with Crippen molar-refractivity contribution < 1.29 is 13.6 Å². The Balaban J connectivity index is 1.44. The lowest BCUT2D eigenvalue weighted by Crippen LogP contribution is -2.48. The molecule has 0 radical (unpaired) electrons. The van der Waals surface area contributed by atoms with Gasteiger partial charge >= 0.3 is 0 Å². The van der Waals surface area contributed by atoms with Crippen molar-refractivity contribution in [3.05, 3.63) is 53.6 Å². The molecular formula is C21H21F2N3OS2. The first-order valence-electron chi connectivity index (χ1n) is 9.47. The highest BCUT2D eigenvalue weighted by Gasteiger charge is 2.24. The van der Waals surface area contributed by atoms with Gasteiger partial charge in [-0.2, -0.15) is 0 Å². The number of hydrogen-bond donors (Lipinski definition) is 0. The molecule has 0 aliphatic carbocycles. The molecule has 3 aromatic rings. The molecule has 4 rings (SSSR count). The number of thioether (sulfide) groups is 1. The van der Waals surface area contributed by atoms with Gasteiger partial charge in [-0.25, -0.2) is 13.8 Å². The molecular weight excluding hydrogens is 412 g/mol. The maximum Gasteiger partial charge on any atom is 0.254 e. The van der Waals surface area contributed by atoms with Gasteiger partial charge < -0.3 is 9.80 Å². The topological polar surface area (TPSA) is 36.4 Å². The number of aromatic nitrogens is 1. The largest absolute Gasteiger partial charge is 0.345 e. The van der Waals surface area contributed by atoms with Crippen LogP contribution < -0.4 is 4.90 Å². The number of rotatable bonds is 4. The molecule has 2 heterocycles. The predicted molar refractivity (Wildman–Crippen MR) is 115 cm³/mol. The number of carbonyl (C=O) groups excluding carboxylic acids is 1. The second kappa shape index (κ2) is 8.28. The first-order valence-corrected chi connectivity index (χ1v) is 11.2. The molecule has 29 heavy (non-hydrogen) atoms. The Hall–Kier alpha value is -2.19. The fraction of sp³-hybridized carbons (Fsp3) is 0.333. The SMILES string of the molecule is CC(C)Sc1cccc(C(=O)N2CCN(c3nc4c(F)cc(F)cc4s3)CC2)c1. The molecule has 1 saturated heterocycles. The Morgan fingerprint density at radius 1 is 1.14 bits per heavy atom. The molecule has 1 fully saturated rings. The summed E-state index contributed by atoms with van der Waals surface area (Å²) in [6, 6.07) is 9.90. The standard InChI is InChI=1S/C21H21F2N3OS2/c1-13(2)28-16-5-3-4-14(10-16)20(27)25-6-8-26(9-7-25)21-24-19-17(23)11-15(22)12-18(19)29-21/h3-5,10-13H,6-9H2,1-2H3. The molecule has 2 aromatic carbocycles. The van der Waals surface area contributed by atoms with E-state index < -0.39 is 11.6 Å². The number of thiazole rings is 1. The molecule has 0 bridgehead atoms. The van der Waals surface area contributed by atoms with Crippen LogP contribution >= 0.6 is 23.1 Å². The summed E-state index contributed by atoms with van der Waals surface area (Å²) in [5.74, 6) is -1.22. The zero-order valence-electron chi connectivity index (χ0n) is 16.2. The maximum absolute atomic E-state index is 13.9. The van der Waals surface area contributed by atoms with Crippen molar-refractivity contribution in [1.29, 1.82) is 0 Å². The third-order valence-electron chi connectivity index (χ3n) is 4.69. The average Bonchev–Trinajstić information content (AvgIpc) is 3.12. The highest BCUT2D eigenvalue weighted by molar-refractivity contribution is 7.99. The van der Waals surface area contributed by atoms with E-state index in [9.17, 15) is 13.6 Å². The highest BCUT2D eigenvalue weighted by Crippen LogP contribution is 2.32. The van der Waals surface area contributed by atoms with Crippen LogP contribution in [0.25, 0.3) is 10.2 Å². The summed E-state index contributed by atoms with van der Waals surface area (Å²) in [5, 5.41) is 1.11. The van der Waals surface area contributed by atoms with Crippen LogP contribution in [0.5, 0.6) is 0 Å². The molecule has 1 amide bonds. The molecule has 1 aliphatic heterocycles. The highest BCUT2D eigenvalue weighted by atomic mass is 32.2. The number of nitrogens with zero attached hydrogens (tertiary/aromatic N) is 3. The second-order valence-electron chi connectivity index (χ2n) is 7.20. The lowest BCUT2D eigenvalue weighted by Gasteiger charge is -2.34. The normalized spacial score (nSPS) is 14.8. The lowest BCUT2D eigenvalue weighted by atomic mass is 10.2. The fourth-order valence-corrected chi connectivity index (χ4v) is 5.29. The quantitative estimate of drug-likeness (QED) is 0.541. The van der Waals surface area contributed by atoms with Crippen molar-refractivity contribution in [2.24, 2.45) is 0 Å². The van der Waals surface area contributed by atoms with Gasteiger partial charge in [-0.05, 0) is 24.3 Å². The third-order valence-corrected chi connectivity index (χ3v) is 6.75. The van der Waals surface area contributed by atoms with Crippen molar-refractivity contribution in [1.82, 2.24) is 9.88 Å². The molecule has 0 unspecified atom stereocenters. The Labute approximate surface area is 176 Å². The number of piperazine rings is 1. The number of hydrogen-bond acceptors (Lipinski definition) is 5. The van der Waals surface area contributed by atoms with Gasteiger partial charge in [0.25, 0.3) is 5.91 Å². The first-order chi connectivity index (χ1) is 13.9. The van der Waals surface area contributed by atoms with Gasteiger partial charge in [-0.15, -0.1) is 11.8 Å². The van der Waals surface area contributed by atoms with E-state index in [0.717, 1.165) is 11.0 Å². The van der Waals surface area contributed by atoms with Gasteiger partial charge in [0, 0.05) is 48.0 Å². The maximum atomic E-state index is 13.9. The number of anilines is 1. The van der Waals surface area contributed by atoms with E-state index in [1.54, 1.807) is 11.8 Å².